The van der Waals surface area contributed by atoms with Crippen LogP contribution in [0.4, 0.5) is 4.79 Å². The van der Waals surface area contributed by atoms with Gasteiger partial charge in [-0.15, -0.1) is 0 Å². The third-order valence-electron chi connectivity index (χ3n) is 6.40. The van der Waals surface area contributed by atoms with Gasteiger partial charge < -0.3 is 14.8 Å². The van der Waals surface area contributed by atoms with E-state index >= 15 is 0 Å². The summed E-state index contributed by atoms with van der Waals surface area (Å²) in [5, 5.41) is 3.07. The van der Waals surface area contributed by atoms with Crippen molar-refractivity contribution in [2.75, 3.05) is 0 Å². The van der Waals surface area contributed by atoms with E-state index < -0.39 is 5.60 Å². The van der Waals surface area contributed by atoms with E-state index in [1.54, 1.807) is 0 Å². The molecule has 1 aliphatic rings. The van der Waals surface area contributed by atoms with Crippen LogP contribution in [0.25, 0.3) is 11.1 Å². The van der Waals surface area contributed by atoms with E-state index in [-0.39, 0.29) is 18.1 Å². The lowest BCUT2D eigenvalue weighted by Gasteiger charge is -2.33. The Morgan fingerprint density at radius 2 is 1.82 bits per heavy atom. The third-order valence-corrected chi connectivity index (χ3v) is 6.40. The van der Waals surface area contributed by atoms with E-state index in [2.05, 4.69) is 61.6 Å². The van der Waals surface area contributed by atoms with Gasteiger partial charge in [-0.2, -0.15) is 0 Å². The molecule has 4 rings (SSSR count). The van der Waals surface area contributed by atoms with Crippen LogP contribution < -0.4 is 10.1 Å². The van der Waals surface area contributed by atoms with Gasteiger partial charge in [-0.05, 0) is 80.5 Å². The molecule has 0 aliphatic heterocycles. The number of aryl methyl sites for hydroxylation is 2. The highest BCUT2D eigenvalue weighted by Crippen LogP contribution is 2.38. The molecular weight excluding hydrogens is 422 g/mol. The van der Waals surface area contributed by atoms with Crippen molar-refractivity contribution >= 4 is 6.09 Å². The van der Waals surface area contributed by atoms with Gasteiger partial charge in [0.25, 0.3) is 0 Å². The van der Waals surface area contributed by atoms with E-state index in [1.165, 1.54) is 16.7 Å². The zero-order valence-corrected chi connectivity index (χ0v) is 20.9. The molecule has 0 bridgehead atoms. The zero-order valence-electron chi connectivity index (χ0n) is 20.9. The Kier molecular flexibility index (Phi) is 6.97. The fraction of sp³-hybridized carbons (Fsp3) is 0.367. The number of para-hydroxylation sites is 1. The average molecular weight is 458 g/mol. The Labute approximate surface area is 203 Å². The summed E-state index contributed by atoms with van der Waals surface area (Å²) in [4.78, 5) is 12.4. The van der Waals surface area contributed by atoms with Gasteiger partial charge in [0.05, 0.1) is 0 Å². The van der Waals surface area contributed by atoms with Gasteiger partial charge in [-0.25, -0.2) is 4.79 Å². The van der Waals surface area contributed by atoms with E-state index in [1.807, 2.05) is 45.0 Å². The molecule has 1 aliphatic carbocycles. The Morgan fingerprint density at radius 3 is 2.59 bits per heavy atom. The van der Waals surface area contributed by atoms with Crippen LogP contribution in [-0.4, -0.2) is 17.7 Å². The number of nitrogens with one attached hydrogen (secondary N) is 1. The van der Waals surface area contributed by atoms with Crippen LogP contribution in [0, 0.1) is 0 Å². The fourth-order valence-electron chi connectivity index (χ4n) is 4.60. The Balaban J connectivity index is 1.55. The van der Waals surface area contributed by atoms with Crippen LogP contribution in [0.3, 0.4) is 0 Å². The number of fused-ring (bicyclic) bond motifs is 1. The van der Waals surface area contributed by atoms with Crippen LogP contribution in [0.15, 0.2) is 66.7 Å². The summed E-state index contributed by atoms with van der Waals surface area (Å²) in [6, 6.07) is 23.1. The van der Waals surface area contributed by atoms with Crippen molar-refractivity contribution in [3.05, 3.63) is 83.4 Å². The van der Waals surface area contributed by atoms with E-state index in [0.717, 1.165) is 41.9 Å². The van der Waals surface area contributed by atoms with Crippen molar-refractivity contribution in [2.45, 2.75) is 71.4 Å². The molecule has 4 nitrogen and oxygen atoms in total. The van der Waals surface area contributed by atoms with Crippen molar-refractivity contribution in [1.29, 1.82) is 0 Å². The minimum Gasteiger partial charge on any atom is -0.457 e. The second-order valence-electron chi connectivity index (χ2n) is 10.1. The maximum Gasteiger partial charge on any atom is 0.407 e. The highest BCUT2D eigenvalue weighted by atomic mass is 16.6. The van der Waals surface area contributed by atoms with Gasteiger partial charge in [-0.1, -0.05) is 62.4 Å². The zero-order chi connectivity index (χ0) is 24.3. The average Bonchev–Trinajstić information content (AvgIpc) is 2.80. The molecule has 178 valence electrons. The molecule has 0 fully saturated rings. The lowest BCUT2D eigenvalue weighted by molar-refractivity contribution is 0.0493. The van der Waals surface area contributed by atoms with Gasteiger partial charge in [0.2, 0.25) is 0 Å². The number of hydrogen-bond donors (Lipinski definition) is 1. The minimum atomic E-state index is -0.509. The Morgan fingerprint density at radius 1 is 1.03 bits per heavy atom. The smallest absolute Gasteiger partial charge is 0.407 e. The molecule has 2 atom stereocenters. The first kappa shape index (κ1) is 23.9. The normalized spacial score (nSPS) is 17.6. The second-order valence-corrected chi connectivity index (χ2v) is 10.1. The van der Waals surface area contributed by atoms with Crippen molar-refractivity contribution in [3.63, 3.8) is 0 Å². The van der Waals surface area contributed by atoms with Crippen molar-refractivity contribution in [2.24, 2.45) is 0 Å². The summed E-state index contributed by atoms with van der Waals surface area (Å²) < 4.78 is 11.9. The van der Waals surface area contributed by atoms with Crippen molar-refractivity contribution in [1.82, 2.24) is 5.32 Å². The number of ether oxygens (including phenoxy) is 2. The molecule has 34 heavy (non-hydrogen) atoms. The van der Waals surface area contributed by atoms with Crippen LogP contribution >= 0.6 is 0 Å². The molecule has 1 amide bonds. The first-order valence-electron chi connectivity index (χ1n) is 12.2. The molecule has 0 spiro atoms. The number of carbonyl (C=O) groups excluding carboxylic acids is 1. The molecule has 0 heterocycles. The molecule has 4 heteroatoms. The molecule has 0 saturated carbocycles. The van der Waals surface area contributed by atoms with Gasteiger partial charge in [0.15, 0.2) is 0 Å². The minimum absolute atomic E-state index is 0.0293. The number of alkyl carbamates (subject to hydrolysis) is 1. The summed E-state index contributed by atoms with van der Waals surface area (Å²) in [6.07, 6.45) is 2.45. The summed E-state index contributed by atoms with van der Waals surface area (Å²) in [7, 11) is 0. The number of carbonyl (C=O) groups is 1. The monoisotopic (exact) mass is 457 g/mol. The summed E-state index contributed by atoms with van der Waals surface area (Å²) in [5.74, 6) is 1.81. The number of amides is 1. The first-order chi connectivity index (χ1) is 16.2. The van der Waals surface area contributed by atoms with Crippen LogP contribution in [0.5, 0.6) is 11.5 Å². The van der Waals surface area contributed by atoms with Gasteiger partial charge in [0.1, 0.15) is 17.1 Å². The van der Waals surface area contributed by atoms with E-state index in [9.17, 15) is 4.79 Å². The summed E-state index contributed by atoms with van der Waals surface area (Å²) >= 11 is 0. The Bertz CT molecular complexity index is 1160. The van der Waals surface area contributed by atoms with Crippen LogP contribution in [-0.2, 0) is 17.6 Å². The van der Waals surface area contributed by atoms with Gasteiger partial charge in [0, 0.05) is 17.5 Å². The van der Waals surface area contributed by atoms with Gasteiger partial charge >= 0.3 is 6.09 Å². The molecule has 3 aromatic rings. The molecule has 1 N–H and O–H groups in total. The maximum atomic E-state index is 12.4. The molecule has 0 saturated heterocycles. The largest absolute Gasteiger partial charge is 0.457 e. The highest BCUT2D eigenvalue weighted by Gasteiger charge is 2.29. The van der Waals surface area contributed by atoms with Crippen LogP contribution in [0.1, 0.15) is 63.6 Å². The standard InChI is InChI=1S/C30H35NO3/c1-6-21-10-9-11-23(18-21)25-12-7-8-13-28(25)33-24-16-14-22-15-17-27(20(2)26(22)19-24)31-29(32)34-30(3,4)5/h7-14,16,18-20,27H,6,15,17H2,1-5H3,(H,31,32). The highest BCUT2D eigenvalue weighted by molar-refractivity contribution is 5.71. The predicted molar refractivity (Wildman–Crippen MR) is 138 cm³/mol. The lowest BCUT2D eigenvalue weighted by Crippen LogP contribution is -2.43. The van der Waals surface area contributed by atoms with Gasteiger partial charge in [-0.3, -0.25) is 0 Å². The Hall–Kier alpha value is -3.27. The first-order valence-corrected chi connectivity index (χ1v) is 12.2. The second kappa shape index (κ2) is 9.92. The molecule has 0 aromatic heterocycles. The van der Waals surface area contributed by atoms with Crippen molar-refractivity contribution in [3.8, 4) is 22.6 Å². The molecular formula is C30H35NO3. The third kappa shape index (κ3) is 5.61. The predicted octanol–water partition coefficient (Wildman–Crippen LogP) is 7.65. The van der Waals surface area contributed by atoms with Crippen molar-refractivity contribution < 1.29 is 14.3 Å². The number of hydrogen-bond acceptors (Lipinski definition) is 3. The number of rotatable bonds is 5. The molecule has 2 unspecified atom stereocenters. The van der Waals surface area contributed by atoms with E-state index in [0.29, 0.717) is 0 Å². The van der Waals surface area contributed by atoms with Crippen LogP contribution in [0.2, 0.25) is 0 Å². The number of benzene rings is 3. The fourth-order valence-corrected chi connectivity index (χ4v) is 4.60. The SMILES string of the molecule is CCc1cccc(-c2ccccc2Oc2ccc3c(c2)C(C)C(NC(=O)OC(C)(C)C)CC3)c1. The molecule has 0 radical (unpaired) electrons. The topological polar surface area (TPSA) is 47.6 Å². The summed E-state index contributed by atoms with van der Waals surface area (Å²) in [6.45, 7) is 9.97. The quantitative estimate of drug-likeness (QED) is 0.428. The molecule has 3 aromatic carbocycles. The maximum absolute atomic E-state index is 12.4. The summed E-state index contributed by atoms with van der Waals surface area (Å²) in [5.41, 5.74) is 5.56. The lowest BCUT2D eigenvalue weighted by atomic mass is 9.80. The van der Waals surface area contributed by atoms with E-state index in [4.69, 9.17) is 9.47 Å².